The molecular weight excluding hydrogens is 442 g/mol. The normalized spacial score (nSPS) is 21.0. The molecule has 0 spiro atoms. The summed E-state index contributed by atoms with van der Waals surface area (Å²) in [5.74, 6) is 0.0350. The van der Waals surface area contributed by atoms with Crippen LogP contribution in [0, 0.1) is 5.92 Å². The van der Waals surface area contributed by atoms with Crippen molar-refractivity contribution in [2.45, 2.75) is 31.1 Å². The molecule has 0 unspecified atom stereocenters. The van der Waals surface area contributed by atoms with Crippen molar-refractivity contribution in [3.63, 3.8) is 0 Å². The van der Waals surface area contributed by atoms with Gasteiger partial charge >= 0.3 is 0 Å². The van der Waals surface area contributed by atoms with Gasteiger partial charge in [0.25, 0.3) is 0 Å². The Balaban J connectivity index is 1.52. The second-order valence-electron chi connectivity index (χ2n) is 7.83. The van der Waals surface area contributed by atoms with Crippen molar-refractivity contribution < 1.29 is 22.7 Å². The van der Waals surface area contributed by atoms with E-state index in [4.69, 9.17) is 21.1 Å². The molecule has 2 heterocycles. The van der Waals surface area contributed by atoms with Crippen LogP contribution in [0.5, 0.6) is 5.75 Å². The fraction of sp³-hybridized carbons (Fsp3) is 0.667. The summed E-state index contributed by atoms with van der Waals surface area (Å²) in [6.45, 7) is 7.76. The molecule has 0 bridgehead atoms. The second-order valence-corrected chi connectivity index (χ2v) is 10.2. The number of ether oxygens (including phenoxy) is 2. The molecule has 1 atom stereocenters. The predicted octanol–water partition coefficient (Wildman–Crippen LogP) is 1.98. The second kappa shape index (κ2) is 11.5. The molecule has 8 nitrogen and oxygen atoms in total. The summed E-state index contributed by atoms with van der Waals surface area (Å²) in [7, 11) is -3.73. The molecule has 2 aliphatic rings. The molecule has 10 heteroatoms. The lowest BCUT2D eigenvalue weighted by Gasteiger charge is -2.31. The largest absolute Gasteiger partial charge is 0.492 e. The number of nitrogens with one attached hydrogen (secondary N) is 1. The zero-order valence-corrected chi connectivity index (χ0v) is 19.6. The van der Waals surface area contributed by atoms with Crippen LogP contribution in [0.4, 0.5) is 0 Å². The van der Waals surface area contributed by atoms with Gasteiger partial charge in [-0.3, -0.25) is 9.69 Å². The Morgan fingerprint density at radius 2 is 2.06 bits per heavy atom. The van der Waals surface area contributed by atoms with Crippen molar-refractivity contribution >= 4 is 27.5 Å². The fourth-order valence-corrected chi connectivity index (χ4v) is 5.77. The Bertz CT molecular complexity index is 845. The van der Waals surface area contributed by atoms with E-state index in [2.05, 4.69) is 10.2 Å². The van der Waals surface area contributed by atoms with Gasteiger partial charge in [0.1, 0.15) is 5.75 Å². The van der Waals surface area contributed by atoms with E-state index in [1.165, 1.54) is 16.4 Å². The highest BCUT2D eigenvalue weighted by atomic mass is 35.5. The first-order valence-corrected chi connectivity index (χ1v) is 12.7. The Kier molecular flexibility index (Phi) is 8.97. The third kappa shape index (κ3) is 6.55. The van der Waals surface area contributed by atoms with Crippen molar-refractivity contribution in [2.24, 2.45) is 5.92 Å². The predicted molar refractivity (Wildman–Crippen MR) is 119 cm³/mol. The van der Waals surface area contributed by atoms with Crippen molar-refractivity contribution in [2.75, 3.05) is 59.1 Å². The maximum absolute atomic E-state index is 13.1. The van der Waals surface area contributed by atoms with Crippen LogP contribution >= 0.6 is 11.6 Å². The lowest BCUT2D eigenvalue weighted by Crippen LogP contribution is -2.45. The van der Waals surface area contributed by atoms with E-state index in [0.717, 1.165) is 39.3 Å². The first kappa shape index (κ1) is 24.3. The van der Waals surface area contributed by atoms with E-state index >= 15 is 0 Å². The lowest BCUT2D eigenvalue weighted by molar-refractivity contribution is -0.126. The van der Waals surface area contributed by atoms with Gasteiger partial charge in [-0.25, -0.2) is 8.42 Å². The van der Waals surface area contributed by atoms with Gasteiger partial charge in [-0.1, -0.05) is 11.6 Å². The Morgan fingerprint density at radius 1 is 1.29 bits per heavy atom. The molecule has 1 N–H and O–H groups in total. The fourth-order valence-electron chi connectivity index (χ4n) is 3.92. The summed E-state index contributed by atoms with van der Waals surface area (Å²) >= 11 is 6.18. The molecule has 0 aromatic heterocycles. The quantitative estimate of drug-likeness (QED) is 0.552. The van der Waals surface area contributed by atoms with Gasteiger partial charge in [0.15, 0.2) is 0 Å². The van der Waals surface area contributed by atoms with Crippen LogP contribution in [0.2, 0.25) is 5.02 Å². The Hall–Kier alpha value is -1.39. The maximum atomic E-state index is 13.1. The molecule has 0 aliphatic carbocycles. The van der Waals surface area contributed by atoms with Crippen LogP contribution in [0.25, 0.3) is 0 Å². The molecule has 3 rings (SSSR count). The zero-order chi connectivity index (χ0) is 22.3. The number of morpholine rings is 1. The highest BCUT2D eigenvalue weighted by molar-refractivity contribution is 7.89. The van der Waals surface area contributed by atoms with Gasteiger partial charge in [0.05, 0.1) is 35.7 Å². The molecule has 174 valence electrons. The SMILES string of the molecule is CCOc1ccc(S(=O)(=O)N2CCC[C@@H](C(=O)NCCCN3CCOCC3)C2)cc1Cl. The van der Waals surface area contributed by atoms with E-state index in [0.29, 0.717) is 38.3 Å². The first-order chi connectivity index (χ1) is 14.9. The summed E-state index contributed by atoms with van der Waals surface area (Å²) in [5, 5.41) is 3.24. The molecule has 1 aromatic rings. The number of carbonyl (C=O) groups is 1. The van der Waals surface area contributed by atoms with Gasteiger partial charge in [0, 0.05) is 32.7 Å². The number of amides is 1. The van der Waals surface area contributed by atoms with Gasteiger partial charge in [-0.05, 0) is 50.9 Å². The summed E-state index contributed by atoms with van der Waals surface area (Å²) < 4.78 is 38.3. The minimum absolute atomic E-state index is 0.0772. The molecule has 2 aliphatic heterocycles. The van der Waals surface area contributed by atoms with E-state index < -0.39 is 10.0 Å². The van der Waals surface area contributed by atoms with E-state index in [-0.39, 0.29) is 28.3 Å². The van der Waals surface area contributed by atoms with Crippen LogP contribution in [0.15, 0.2) is 23.1 Å². The molecule has 0 radical (unpaired) electrons. The zero-order valence-electron chi connectivity index (χ0n) is 18.0. The number of hydrogen-bond donors (Lipinski definition) is 1. The molecule has 31 heavy (non-hydrogen) atoms. The van der Waals surface area contributed by atoms with Crippen LogP contribution in [-0.4, -0.2) is 82.6 Å². The van der Waals surface area contributed by atoms with Crippen molar-refractivity contribution in [1.82, 2.24) is 14.5 Å². The monoisotopic (exact) mass is 473 g/mol. The molecule has 1 aromatic carbocycles. The number of hydrogen-bond acceptors (Lipinski definition) is 6. The topological polar surface area (TPSA) is 88.2 Å². The number of halogens is 1. The molecule has 2 fully saturated rings. The van der Waals surface area contributed by atoms with Crippen LogP contribution in [0.1, 0.15) is 26.2 Å². The lowest BCUT2D eigenvalue weighted by atomic mass is 9.99. The average Bonchev–Trinajstić information content (AvgIpc) is 2.79. The molecule has 1 amide bonds. The Labute approximate surface area is 189 Å². The molecule has 0 saturated carbocycles. The number of rotatable bonds is 9. The number of piperidine rings is 1. The molecule has 2 saturated heterocycles. The molecular formula is C21H32ClN3O5S. The first-order valence-electron chi connectivity index (χ1n) is 10.9. The van der Waals surface area contributed by atoms with Gasteiger partial charge < -0.3 is 14.8 Å². The van der Waals surface area contributed by atoms with Gasteiger partial charge in [0.2, 0.25) is 15.9 Å². The highest BCUT2D eigenvalue weighted by Crippen LogP contribution is 2.30. The third-order valence-corrected chi connectivity index (χ3v) is 7.81. The van der Waals surface area contributed by atoms with Crippen LogP contribution in [-0.2, 0) is 19.6 Å². The number of nitrogens with zero attached hydrogens (tertiary/aromatic N) is 2. The minimum Gasteiger partial charge on any atom is -0.492 e. The van der Waals surface area contributed by atoms with Crippen LogP contribution < -0.4 is 10.1 Å². The van der Waals surface area contributed by atoms with Crippen molar-refractivity contribution in [1.29, 1.82) is 0 Å². The van der Waals surface area contributed by atoms with E-state index in [9.17, 15) is 13.2 Å². The number of sulfonamides is 1. The smallest absolute Gasteiger partial charge is 0.243 e. The standard InChI is InChI=1S/C21H32ClN3O5S/c1-2-30-20-7-6-18(15-19(20)22)31(27,28)25-10-3-5-17(16-25)21(26)23-8-4-9-24-11-13-29-14-12-24/h6-7,15,17H,2-5,8-14,16H2,1H3,(H,23,26)/t17-/m1/s1. The summed E-state index contributed by atoms with van der Waals surface area (Å²) in [6.07, 6.45) is 2.20. The number of benzene rings is 1. The number of carbonyl (C=O) groups excluding carboxylic acids is 1. The van der Waals surface area contributed by atoms with Gasteiger partial charge in [-0.2, -0.15) is 4.31 Å². The Morgan fingerprint density at radius 3 is 2.77 bits per heavy atom. The average molecular weight is 474 g/mol. The highest BCUT2D eigenvalue weighted by Gasteiger charge is 2.33. The van der Waals surface area contributed by atoms with Crippen molar-refractivity contribution in [3.8, 4) is 5.75 Å². The van der Waals surface area contributed by atoms with Gasteiger partial charge in [-0.15, -0.1) is 0 Å². The minimum atomic E-state index is -3.73. The van der Waals surface area contributed by atoms with Crippen molar-refractivity contribution in [3.05, 3.63) is 23.2 Å². The van der Waals surface area contributed by atoms with E-state index in [1.54, 1.807) is 6.07 Å². The third-order valence-electron chi connectivity index (χ3n) is 5.65. The maximum Gasteiger partial charge on any atom is 0.243 e. The summed E-state index contributed by atoms with van der Waals surface area (Å²) in [4.78, 5) is 15.1. The summed E-state index contributed by atoms with van der Waals surface area (Å²) in [6, 6.07) is 4.49. The van der Waals surface area contributed by atoms with Crippen LogP contribution in [0.3, 0.4) is 0 Å². The van der Waals surface area contributed by atoms with E-state index in [1.807, 2.05) is 6.92 Å². The summed E-state index contributed by atoms with van der Waals surface area (Å²) in [5.41, 5.74) is 0.